The van der Waals surface area contributed by atoms with E-state index in [-0.39, 0.29) is 15.8 Å². The van der Waals surface area contributed by atoms with Crippen molar-refractivity contribution in [1.82, 2.24) is 5.32 Å². The predicted octanol–water partition coefficient (Wildman–Crippen LogP) is -0.185. The molecular formula is C10H13N3O6S. The van der Waals surface area contributed by atoms with Gasteiger partial charge in [0.25, 0.3) is 0 Å². The lowest BCUT2D eigenvalue weighted by molar-refractivity contribution is -0.380. The normalized spacial score (nSPS) is 17.7. The number of nitrogens with two attached hydrogens (primary N) is 1. The van der Waals surface area contributed by atoms with Crippen molar-refractivity contribution in [1.29, 1.82) is 0 Å². The van der Waals surface area contributed by atoms with Crippen molar-refractivity contribution in [2.45, 2.75) is 6.10 Å². The second-order valence-corrected chi connectivity index (χ2v) is 4.73. The number of carboxylic acid groups (broad SMARTS) is 1. The molecule has 1 aromatic heterocycles. The van der Waals surface area contributed by atoms with E-state index in [1.54, 1.807) is 0 Å². The number of morpholine rings is 1. The minimum absolute atomic E-state index is 0.0169. The van der Waals surface area contributed by atoms with Crippen molar-refractivity contribution < 1.29 is 24.4 Å². The van der Waals surface area contributed by atoms with Crippen LogP contribution in [0.2, 0.25) is 0 Å². The highest BCUT2D eigenvalue weighted by Gasteiger charge is 2.17. The van der Waals surface area contributed by atoms with Gasteiger partial charge in [-0.15, -0.1) is 0 Å². The van der Waals surface area contributed by atoms with Gasteiger partial charge in [-0.1, -0.05) is 11.3 Å². The van der Waals surface area contributed by atoms with E-state index in [0.29, 0.717) is 24.5 Å². The molecule has 1 amide bonds. The number of amides is 1. The number of hydrogen-bond acceptors (Lipinski definition) is 7. The number of carboxylic acids is 1. The molecule has 0 spiro atoms. The van der Waals surface area contributed by atoms with Gasteiger partial charge in [-0.2, -0.15) is 0 Å². The van der Waals surface area contributed by atoms with Gasteiger partial charge in [0.05, 0.1) is 11.5 Å². The van der Waals surface area contributed by atoms with E-state index in [1.807, 2.05) is 0 Å². The van der Waals surface area contributed by atoms with E-state index < -0.39 is 17.0 Å². The van der Waals surface area contributed by atoms with E-state index in [1.165, 1.54) is 12.1 Å². The number of primary amides is 1. The van der Waals surface area contributed by atoms with Gasteiger partial charge in [0, 0.05) is 19.2 Å². The molecule has 4 N–H and O–H groups in total. The highest BCUT2D eigenvalue weighted by atomic mass is 32.1. The van der Waals surface area contributed by atoms with E-state index >= 15 is 0 Å². The van der Waals surface area contributed by atoms with Gasteiger partial charge < -0.3 is 20.9 Å². The summed E-state index contributed by atoms with van der Waals surface area (Å²) < 4.78 is 5.00. The third-order valence-corrected chi connectivity index (χ3v) is 3.25. The average Bonchev–Trinajstić information content (AvgIpc) is 2.90. The second kappa shape index (κ2) is 7.53. The van der Waals surface area contributed by atoms with Gasteiger partial charge in [0.15, 0.2) is 0 Å². The summed E-state index contributed by atoms with van der Waals surface area (Å²) in [4.78, 5) is 30.1. The van der Waals surface area contributed by atoms with Crippen LogP contribution in [-0.4, -0.2) is 47.7 Å². The Morgan fingerprint density at radius 3 is 2.55 bits per heavy atom. The van der Waals surface area contributed by atoms with Crippen molar-refractivity contribution in [3.63, 3.8) is 0 Å². The van der Waals surface area contributed by atoms with Crippen LogP contribution in [0.3, 0.4) is 0 Å². The van der Waals surface area contributed by atoms with Crippen molar-refractivity contribution in [3.05, 3.63) is 27.1 Å². The summed E-state index contributed by atoms with van der Waals surface area (Å²) >= 11 is 0.650. The molecule has 1 aliphatic rings. The monoisotopic (exact) mass is 303 g/mol. The van der Waals surface area contributed by atoms with Gasteiger partial charge in [0.2, 0.25) is 5.91 Å². The molecule has 1 fully saturated rings. The Hall–Kier alpha value is -2.04. The maximum Gasteiger partial charge on any atom is 0.346 e. The summed E-state index contributed by atoms with van der Waals surface area (Å²) in [6, 6.07) is 2.39. The zero-order valence-electron chi connectivity index (χ0n) is 10.3. The standard InChI is InChI=1S/C5H10N2O2.C5H3NO4S/c6-5(8)4-3-7-1-2-9-4;7-5(8)3-1-2-4(11-3)6(9)10/h4,7H,1-3H2,(H2,6,8);1-2H,(H,7,8). The average molecular weight is 303 g/mol. The van der Waals surface area contributed by atoms with Crippen LogP contribution in [-0.2, 0) is 9.53 Å². The van der Waals surface area contributed by atoms with Gasteiger partial charge in [-0.25, -0.2) is 4.79 Å². The molecule has 1 unspecified atom stereocenters. The number of nitrogens with zero attached hydrogens (tertiary/aromatic N) is 1. The number of rotatable bonds is 3. The fourth-order valence-corrected chi connectivity index (χ4v) is 1.95. The first kappa shape index (κ1) is 16.0. The highest BCUT2D eigenvalue weighted by Crippen LogP contribution is 2.23. The van der Waals surface area contributed by atoms with Crippen LogP contribution in [0.15, 0.2) is 12.1 Å². The summed E-state index contributed by atoms with van der Waals surface area (Å²) in [6.45, 7) is 1.94. The van der Waals surface area contributed by atoms with Gasteiger partial charge in [-0.3, -0.25) is 14.9 Å². The molecule has 9 nitrogen and oxygen atoms in total. The zero-order chi connectivity index (χ0) is 15.1. The zero-order valence-corrected chi connectivity index (χ0v) is 11.1. The molecule has 2 rings (SSSR count). The fourth-order valence-electron chi connectivity index (χ4n) is 1.29. The molecule has 0 saturated carbocycles. The van der Waals surface area contributed by atoms with Gasteiger partial charge in [-0.05, 0) is 6.07 Å². The molecule has 2 heterocycles. The number of aromatic carboxylic acids is 1. The largest absolute Gasteiger partial charge is 0.477 e. The lowest BCUT2D eigenvalue weighted by atomic mass is 10.3. The molecule has 0 bridgehead atoms. The number of nitro groups is 1. The van der Waals surface area contributed by atoms with Crippen LogP contribution in [0.1, 0.15) is 9.67 Å². The first-order valence-corrected chi connectivity index (χ1v) is 6.32. The molecule has 0 radical (unpaired) electrons. The van der Waals surface area contributed by atoms with Gasteiger partial charge >= 0.3 is 11.0 Å². The number of nitrogens with one attached hydrogen (secondary N) is 1. The van der Waals surface area contributed by atoms with Crippen LogP contribution < -0.4 is 11.1 Å². The van der Waals surface area contributed by atoms with Crippen LogP contribution in [0.4, 0.5) is 5.00 Å². The molecule has 1 saturated heterocycles. The lowest BCUT2D eigenvalue weighted by Crippen LogP contribution is -2.45. The number of carbonyl (C=O) groups excluding carboxylic acids is 1. The summed E-state index contributed by atoms with van der Waals surface area (Å²) in [5.74, 6) is -1.52. The maximum absolute atomic E-state index is 10.4. The second-order valence-electron chi connectivity index (χ2n) is 3.67. The first-order valence-electron chi connectivity index (χ1n) is 5.51. The fraction of sp³-hybridized carbons (Fsp3) is 0.400. The van der Waals surface area contributed by atoms with Crippen LogP contribution in [0.5, 0.6) is 0 Å². The molecule has 0 aliphatic carbocycles. The van der Waals surface area contributed by atoms with Crippen LogP contribution >= 0.6 is 11.3 Å². The summed E-state index contributed by atoms with van der Waals surface area (Å²) in [6.07, 6.45) is -0.418. The number of thiophene rings is 1. The summed E-state index contributed by atoms with van der Waals surface area (Å²) in [5, 5.41) is 21.3. The molecular weight excluding hydrogens is 290 g/mol. The van der Waals surface area contributed by atoms with E-state index in [9.17, 15) is 19.7 Å². The molecule has 10 heteroatoms. The quantitative estimate of drug-likeness (QED) is 0.518. The molecule has 1 atom stereocenters. The number of hydrogen-bond donors (Lipinski definition) is 3. The predicted molar refractivity (Wildman–Crippen MR) is 69.7 cm³/mol. The van der Waals surface area contributed by atoms with Crippen molar-refractivity contribution >= 4 is 28.2 Å². The Kier molecular flexibility index (Phi) is 6.03. The first-order chi connectivity index (χ1) is 9.41. The topological polar surface area (TPSA) is 145 Å². The van der Waals surface area contributed by atoms with Crippen LogP contribution in [0, 0.1) is 10.1 Å². The van der Waals surface area contributed by atoms with Crippen LogP contribution in [0.25, 0.3) is 0 Å². The van der Waals surface area contributed by atoms with Crippen molar-refractivity contribution in [2.75, 3.05) is 19.7 Å². The van der Waals surface area contributed by atoms with Crippen molar-refractivity contribution in [3.8, 4) is 0 Å². The maximum atomic E-state index is 10.4. The van der Waals surface area contributed by atoms with E-state index in [2.05, 4.69) is 5.32 Å². The minimum Gasteiger partial charge on any atom is -0.477 e. The molecule has 0 aromatic carbocycles. The van der Waals surface area contributed by atoms with Gasteiger partial charge in [0.1, 0.15) is 11.0 Å². The third kappa shape index (κ3) is 4.91. The SMILES string of the molecule is NC(=O)C1CNCCO1.O=C(O)c1ccc([N+](=O)[O-])s1. The smallest absolute Gasteiger partial charge is 0.346 e. The number of carbonyl (C=O) groups is 2. The highest BCUT2D eigenvalue weighted by molar-refractivity contribution is 7.17. The summed E-state index contributed by atoms with van der Waals surface area (Å²) in [5.41, 5.74) is 4.96. The number of ether oxygens (including phenoxy) is 1. The summed E-state index contributed by atoms with van der Waals surface area (Å²) in [7, 11) is 0. The minimum atomic E-state index is -1.14. The molecule has 1 aromatic rings. The third-order valence-electron chi connectivity index (χ3n) is 2.23. The van der Waals surface area contributed by atoms with E-state index in [4.69, 9.17) is 15.6 Å². The Bertz CT molecular complexity index is 468. The Morgan fingerprint density at radius 2 is 2.25 bits per heavy atom. The lowest BCUT2D eigenvalue weighted by Gasteiger charge is -2.20. The Labute approximate surface area is 117 Å². The molecule has 20 heavy (non-hydrogen) atoms. The Balaban J connectivity index is 0.000000204. The van der Waals surface area contributed by atoms with Crippen molar-refractivity contribution in [2.24, 2.45) is 5.73 Å². The van der Waals surface area contributed by atoms with E-state index in [0.717, 1.165) is 6.54 Å². The molecule has 1 aliphatic heterocycles. The Morgan fingerprint density at radius 1 is 1.55 bits per heavy atom. The molecule has 110 valence electrons.